The minimum Gasteiger partial charge on any atom is -0.496 e. The summed E-state index contributed by atoms with van der Waals surface area (Å²) in [5.74, 6) is 0.879. The molecule has 0 aromatic heterocycles. The van der Waals surface area contributed by atoms with Crippen LogP contribution in [0.3, 0.4) is 0 Å². The number of para-hydroxylation sites is 1. The molecule has 2 aliphatic heterocycles. The molecule has 0 aliphatic carbocycles. The van der Waals surface area contributed by atoms with E-state index in [1.54, 1.807) is 7.11 Å². The van der Waals surface area contributed by atoms with E-state index < -0.39 is 5.41 Å². The van der Waals surface area contributed by atoms with E-state index in [0.717, 1.165) is 33.9 Å². The molecule has 4 rings (SSSR count). The monoisotopic (exact) mass is 309 g/mol. The number of methoxy groups -OCH3 is 1. The number of benzene rings is 2. The van der Waals surface area contributed by atoms with Crippen LogP contribution in [0.5, 0.6) is 5.75 Å². The molecule has 2 aromatic rings. The number of carbonyl (C=O) groups is 1. The SMILES string of the molecule is COc1ccccc1C1Nc2cc3c(cc2N1)C(C)(C)C(=O)N3. The van der Waals surface area contributed by atoms with Crippen LogP contribution in [0, 0.1) is 0 Å². The summed E-state index contributed by atoms with van der Waals surface area (Å²) in [6, 6.07) is 12.0. The van der Waals surface area contributed by atoms with Crippen LogP contribution >= 0.6 is 0 Å². The van der Waals surface area contributed by atoms with Gasteiger partial charge in [0.1, 0.15) is 11.9 Å². The molecule has 0 radical (unpaired) electrons. The molecule has 5 heteroatoms. The van der Waals surface area contributed by atoms with Crippen LogP contribution in [0.1, 0.15) is 31.1 Å². The fourth-order valence-corrected chi connectivity index (χ4v) is 3.27. The lowest BCUT2D eigenvalue weighted by molar-refractivity contribution is -0.119. The highest BCUT2D eigenvalue weighted by atomic mass is 16.5. The number of rotatable bonds is 2. The first kappa shape index (κ1) is 13.9. The van der Waals surface area contributed by atoms with Gasteiger partial charge in [-0.2, -0.15) is 0 Å². The van der Waals surface area contributed by atoms with Gasteiger partial charge in [-0.1, -0.05) is 18.2 Å². The zero-order chi connectivity index (χ0) is 16.2. The molecule has 118 valence electrons. The van der Waals surface area contributed by atoms with Crippen molar-refractivity contribution in [2.24, 2.45) is 0 Å². The molecule has 0 saturated heterocycles. The maximum atomic E-state index is 12.1. The van der Waals surface area contributed by atoms with Crippen LogP contribution in [0.25, 0.3) is 0 Å². The Hall–Kier alpha value is -2.69. The van der Waals surface area contributed by atoms with E-state index in [0.29, 0.717) is 0 Å². The molecular formula is C18H19N3O2. The molecule has 2 heterocycles. The number of ether oxygens (including phenoxy) is 1. The highest BCUT2D eigenvalue weighted by Crippen LogP contribution is 2.46. The Morgan fingerprint density at radius 1 is 1.04 bits per heavy atom. The predicted molar refractivity (Wildman–Crippen MR) is 91.1 cm³/mol. The van der Waals surface area contributed by atoms with Gasteiger partial charge >= 0.3 is 0 Å². The van der Waals surface area contributed by atoms with Crippen molar-refractivity contribution in [2.45, 2.75) is 25.4 Å². The van der Waals surface area contributed by atoms with E-state index in [4.69, 9.17) is 4.74 Å². The van der Waals surface area contributed by atoms with Crippen molar-refractivity contribution >= 4 is 23.0 Å². The van der Waals surface area contributed by atoms with Gasteiger partial charge in [-0.25, -0.2) is 0 Å². The van der Waals surface area contributed by atoms with Gasteiger partial charge in [-0.3, -0.25) is 4.79 Å². The molecule has 1 unspecified atom stereocenters. The first-order valence-electron chi connectivity index (χ1n) is 7.66. The number of fused-ring (bicyclic) bond motifs is 2. The van der Waals surface area contributed by atoms with Crippen LogP contribution in [0.2, 0.25) is 0 Å². The summed E-state index contributed by atoms with van der Waals surface area (Å²) in [6.07, 6.45) is -0.0532. The molecule has 2 aromatic carbocycles. The summed E-state index contributed by atoms with van der Waals surface area (Å²) < 4.78 is 5.45. The van der Waals surface area contributed by atoms with Gasteiger partial charge in [0.2, 0.25) is 5.91 Å². The number of amides is 1. The van der Waals surface area contributed by atoms with Crippen LogP contribution in [-0.4, -0.2) is 13.0 Å². The van der Waals surface area contributed by atoms with Crippen molar-refractivity contribution < 1.29 is 9.53 Å². The van der Waals surface area contributed by atoms with E-state index in [1.165, 1.54) is 0 Å². The summed E-state index contributed by atoms with van der Waals surface area (Å²) in [5.41, 5.74) is 4.44. The molecule has 0 fully saturated rings. The molecule has 3 N–H and O–H groups in total. The lowest BCUT2D eigenvalue weighted by atomic mass is 9.86. The largest absolute Gasteiger partial charge is 0.496 e. The maximum Gasteiger partial charge on any atom is 0.234 e. The average Bonchev–Trinajstić information content (AvgIpc) is 3.05. The third kappa shape index (κ3) is 1.96. The Morgan fingerprint density at radius 3 is 2.48 bits per heavy atom. The molecule has 5 nitrogen and oxygen atoms in total. The Balaban J connectivity index is 1.71. The van der Waals surface area contributed by atoms with Crippen molar-refractivity contribution in [3.05, 3.63) is 47.5 Å². The maximum absolute atomic E-state index is 12.1. The summed E-state index contributed by atoms with van der Waals surface area (Å²) in [5, 5.41) is 9.90. The summed E-state index contributed by atoms with van der Waals surface area (Å²) in [4.78, 5) is 12.1. The van der Waals surface area contributed by atoms with E-state index in [-0.39, 0.29) is 12.1 Å². The quantitative estimate of drug-likeness (QED) is 0.795. The zero-order valence-electron chi connectivity index (χ0n) is 13.4. The standard InChI is InChI=1S/C18H19N3O2/c1-18(2)11-8-13-14(9-12(11)21-17(18)22)20-16(19-13)10-6-4-5-7-15(10)23-3/h4-9,16,19-20H,1-3H3,(H,21,22). The normalized spacial score (nSPS) is 20.1. The number of nitrogens with one attached hydrogen (secondary N) is 3. The second-order valence-corrected chi connectivity index (χ2v) is 6.49. The first-order chi connectivity index (χ1) is 11.0. The predicted octanol–water partition coefficient (Wildman–Crippen LogP) is 3.46. The number of anilines is 3. The van der Waals surface area contributed by atoms with Crippen molar-refractivity contribution in [2.75, 3.05) is 23.1 Å². The van der Waals surface area contributed by atoms with Gasteiger partial charge in [-0.05, 0) is 37.6 Å². The van der Waals surface area contributed by atoms with Gasteiger partial charge in [0.15, 0.2) is 0 Å². The minimum absolute atomic E-state index is 0.0393. The summed E-state index contributed by atoms with van der Waals surface area (Å²) in [6.45, 7) is 3.89. The summed E-state index contributed by atoms with van der Waals surface area (Å²) >= 11 is 0. The van der Waals surface area contributed by atoms with Gasteiger partial charge < -0.3 is 20.7 Å². The van der Waals surface area contributed by atoms with Crippen molar-refractivity contribution in [3.63, 3.8) is 0 Å². The Morgan fingerprint density at radius 2 is 1.74 bits per heavy atom. The molecule has 2 aliphatic rings. The van der Waals surface area contributed by atoms with Crippen LogP contribution in [0.15, 0.2) is 36.4 Å². The van der Waals surface area contributed by atoms with Crippen LogP contribution < -0.4 is 20.7 Å². The molecule has 0 bridgehead atoms. The lowest BCUT2D eigenvalue weighted by Crippen LogP contribution is -2.26. The summed E-state index contributed by atoms with van der Waals surface area (Å²) in [7, 11) is 1.67. The molecular weight excluding hydrogens is 290 g/mol. The zero-order valence-corrected chi connectivity index (χ0v) is 13.4. The van der Waals surface area contributed by atoms with Gasteiger partial charge in [0.05, 0.1) is 23.9 Å². The molecule has 1 amide bonds. The Bertz CT molecular complexity index is 814. The number of carbonyl (C=O) groups excluding carboxylic acids is 1. The fourth-order valence-electron chi connectivity index (χ4n) is 3.27. The van der Waals surface area contributed by atoms with E-state index in [1.807, 2.05) is 44.2 Å². The average molecular weight is 309 g/mol. The lowest BCUT2D eigenvalue weighted by Gasteiger charge is -2.16. The third-order valence-corrected chi connectivity index (χ3v) is 4.70. The number of hydrogen-bond donors (Lipinski definition) is 3. The van der Waals surface area contributed by atoms with E-state index in [9.17, 15) is 4.79 Å². The van der Waals surface area contributed by atoms with E-state index >= 15 is 0 Å². The van der Waals surface area contributed by atoms with Gasteiger partial charge in [-0.15, -0.1) is 0 Å². The van der Waals surface area contributed by atoms with Crippen molar-refractivity contribution in [1.29, 1.82) is 0 Å². The molecule has 0 spiro atoms. The fraction of sp³-hybridized carbons (Fsp3) is 0.278. The Kier molecular flexibility index (Phi) is 2.82. The van der Waals surface area contributed by atoms with E-state index in [2.05, 4.69) is 22.0 Å². The number of hydrogen-bond acceptors (Lipinski definition) is 4. The molecule has 1 atom stereocenters. The Labute approximate surface area is 135 Å². The smallest absolute Gasteiger partial charge is 0.234 e. The highest BCUT2D eigenvalue weighted by Gasteiger charge is 2.40. The van der Waals surface area contributed by atoms with Gasteiger partial charge in [0, 0.05) is 11.3 Å². The minimum atomic E-state index is -0.505. The van der Waals surface area contributed by atoms with Crippen LogP contribution in [0.4, 0.5) is 17.1 Å². The molecule has 23 heavy (non-hydrogen) atoms. The van der Waals surface area contributed by atoms with Crippen molar-refractivity contribution in [1.82, 2.24) is 0 Å². The third-order valence-electron chi connectivity index (χ3n) is 4.70. The second-order valence-electron chi connectivity index (χ2n) is 6.49. The topological polar surface area (TPSA) is 62.4 Å². The van der Waals surface area contributed by atoms with Gasteiger partial charge in [0.25, 0.3) is 0 Å². The van der Waals surface area contributed by atoms with Crippen molar-refractivity contribution in [3.8, 4) is 5.75 Å². The first-order valence-corrected chi connectivity index (χ1v) is 7.66. The highest BCUT2D eigenvalue weighted by molar-refractivity contribution is 6.07. The molecule has 0 saturated carbocycles. The second kappa shape index (κ2) is 4.65. The van der Waals surface area contributed by atoms with Crippen LogP contribution in [-0.2, 0) is 10.2 Å².